The summed E-state index contributed by atoms with van der Waals surface area (Å²) in [5.74, 6) is 1.09. The predicted octanol–water partition coefficient (Wildman–Crippen LogP) is 1.57. The molecule has 0 amide bonds. The second-order valence-electron chi connectivity index (χ2n) is 5.33. The largest absolute Gasteiger partial charge is 0.364 e. The molecular weight excluding hydrogens is 272 g/mol. The van der Waals surface area contributed by atoms with Crippen molar-refractivity contribution < 1.29 is 4.92 Å². The van der Waals surface area contributed by atoms with Crippen LogP contribution >= 0.6 is 0 Å². The number of aromatic nitrogens is 2. The number of likely N-dealkylation sites (tertiary alicyclic amines) is 1. The molecule has 1 aliphatic heterocycles. The van der Waals surface area contributed by atoms with Gasteiger partial charge in [-0.05, 0) is 45.8 Å². The van der Waals surface area contributed by atoms with Crippen LogP contribution in [0.2, 0.25) is 0 Å². The lowest BCUT2D eigenvalue weighted by molar-refractivity contribution is -0.383. The zero-order valence-electron chi connectivity index (χ0n) is 12.5. The van der Waals surface area contributed by atoms with Gasteiger partial charge in [-0.3, -0.25) is 10.1 Å². The van der Waals surface area contributed by atoms with Crippen LogP contribution < -0.4 is 10.6 Å². The van der Waals surface area contributed by atoms with E-state index in [1.165, 1.54) is 6.33 Å². The molecule has 1 saturated heterocycles. The SMILES string of the molecule is CCNc1ncnc(NCC2CCN(C)CC2)c1[N+](=O)[O-]. The van der Waals surface area contributed by atoms with Crippen molar-refractivity contribution in [2.75, 3.05) is 43.9 Å². The fourth-order valence-electron chi connectivity index (χ4n) is 2.49. The van der Waals surface area contributed by atoms with Crippen molar-refractivity contribution in [2.45, 2.75) is 19.8 Å². The monoisotopic (exact) mass is 294 g/mol. The molecular formula is C13H22N6O2. The number of hydrogen-bond acceptors (Lipinski definition) is 7. The minimum atomic E-state index is -0.436. The molecule has 0 bridgehead atoms. The summed E-state index contributed by atoms with van der Waals surface area (Å²) in [7, 11) is 2.11. The second-order valence-corrected chi connectivity index (χ2v) is 5.33. The van der Waals surface area contributed by atoms with Crippen molar-refractivity contribution in [1.82, 2.24) is 14.9 Å². The molecule has 116 valence electrons. The Morgan fingerprint density at radius 1 is 1.33 bits per heavy atom. The molecule has 21 heavy (non-hydrogen) atoms. The minimum Gasteiger partial charge on any atom is -0.364 e. The molecule has 0 spiro atoms. The summed E-state index contributed by atoms with van der Waals surface area (Å²) in [6, 6.07) is 0. The fraction of sp³-hybridized carbons (Fsp3) is 0.692. The lowest BCUT2D eigenvalue weighted by Gasteiger charge is -2.29. The molecule has 1 aliphatic rings. The molecule has 1 aromatic heterocycles. The number of rotatable bonds is 6. The molecule has 0 saturated carbocycles. The summed E-state index contributed by atoms with van der Waals surface area (Å²) in [6.07, 6.45) is 3.55. The molecule has 2 N–H and O–H groups in total. The van der Waals surface area contributed by atoms with Crippen molar-refractivity contribution in [2.24, 2.45) is 5.92 Å². The van der Waals surface area contributed by atoms with Gasteiger partial charge in [0.05, 0.1) is 4.92 Å². The molecule has 0 unspecified atom stereocenters. The maximum absolute atomic E-state index is 11.3. The van der Waals surface area contributed by atoms with E-state index >= 15 is 0 Å². The zero-order chi connectivity index (χ0) is 15.2. The van der Waals surface area contributed by atoms with Crippen molar-refractivity contribution in [3.63, 3.8) is 0 Å². The second kappa shape index (κ2) is 7.16. The zero-order valence-corrected chi connectivity index (χ0v) is 12.5. The summed E-state index contributed by atoms with van der Waals surface area (Å²) >= 11 is 0. The van der Waals surface area contributed by atoms with E-state index in [0.717, 1.165) is 25.9 Å². The summed E-state index contributed by atoms with van der Waals surface area (Å²) in [5, 5.41) is 17.3. The van der Waals surface area contributed by atoms with Gasteiger partial charge in [-0.15, -0.1) is 0 Å². The van der Waals surface area contributed by atoms with E-state index in [1.54, 1.807) is 0 Å². The van der Waals surface area contributed by atoms with Crippen LogP contribution in [0, 0.1) is 16.0 Å². The van der Waals surface area contributed by atoms with E-state index in [4.69, 9.17) is 0 Å². The highest BCUT2D eigenvalue weighted by Gasteiger charge is 2.24. The van der Waals surface area contributed by atoms with E-state index in [2.05, 4.69) is 32.5 Å². The molecule has 8 heteroatoms. The van der Waals surface area contributed by atoms with Crippen LogP contribution in [0.3, 0.4) is 0 Å². The highest BCUT2D eigenvalue weighted by molar-refractivity contribution is 5.69. The smallest absolute Gasteiger partial charge is 0.353 e. The Bertz CT molecular complexity index is 488. The summed E-state index contributed by atoms with van der Waals surface area (Å²) < 4.78 is 0. The van der Waals surface area contributed by atoms with Gasteiger partial charge in [0, 0.05) is 13.1 Å². The number of nitrogens with zero attached hydrogens (tertiary/aromatic N) is 4. The van der Waals surface area contributed by atoms with Crippen molar-refractivity contribution in [1.29, 1.82) is 0 Å². The average Bonchev–Trinajstić information content (AvgIpc) is 2.47. The molecule has 8 nitrogen and oxygen atoms in total. The third kappa shape index (κ3) is 4.01. The number of anilines is 2. The number of nitro groups is 1. The Morgan fingerprint density at radius 3 is 2.52 bits per heavy atom. The standard InChI is InChI=1S/C13H22N6O2/c1-3-14-12-11(19(20)21)13(17-9-16-12)15-8-10-4-6-18(2)7-5-10/h9-10H,3-8H2,1-2H3,(H2,14,15,16,17). The molecule has 0 aliphatic carbocycles. The van der Waals surface area contributed by atoms with E-state index in [1.807, 2.05) is 6.92 Å². The third-order valence-electron chi connectivity index (χ3n) is 3.75. The van der Waals surface area contributed by atoms with Gasteiger partial charge in [0.1, 0.15) is 6.33 Å². The Morgan fingerprint density at radius 2 is 1.95 bits per heavy atom. The summed E-state index contributed by atoms with van der Waals surface area (Å²) in [5.41, 5.74) is -0.0766. The first-order valence-electron chi connectivity index (χ1n) is 7.27. The van der Waals surface area contributed by atoms with E-state index in [0.29, 0.717) is 24.8 Å². The first-order chi connectivity index (χ1) is 10.1. The van der Waals surface area contributed by atoms with Crippen molar-refractivity contribution >= 4 is 17.3 Å². The van der Waals surface area contributed by atoms with Gasteiger partial charge in [0.15, 0.2) is 0 Å². The predicted molar refractivity (Wildman–Crippen MR) is 81.6 cm³/mol. The fourth-order valence-corrected chi connectivity index (χ4v) is 2.49. The van der Waals surface area contributed by atoms with Gasteiger partial charge in [0.25, 0.3) is 0 Å². The lowest BCUT2D eigenvalue weighted by atomic mass is 9.97. The molecule has 1 fully saturated rings. The van der Waals surface area contributed by atoms with Gasteiger partial charge in [-0.1, -0.05) is 0 Å². The molecule has 2 rings (SSSR count). The highest BCUT2D eigenvalue weighted by atomic mass is 16.6. The van der Waals surface area contributed by atoms with Crippen LogP contribution in [-0.2, 0) is 0 Å². The Hall–Kier alpha value is -1.96. The molecule has 0 aromatic carbocycles. The molecule has 0 radical (unpaired) electrons. The van der Waals surface area contributed by atoms with E-state index in [9.17, 15) is 10.1 Å². The Labute approximate surface area is 124 Å². The van der Waals surface area contributed by atoms with Crippen LogP contribution in [0.1, 0.15) is 19.8 Å². The Kier molecular flexibility index (Phi) is 5.26. The van der Waals surface area contributed by atoms with Crippen LogP contribution in [0.5, 0.6) is 0 Å². The molecule has 2 heterocycles. The number of piperidine rings is 1. The Balaban J connectivity index is 2.05. The van der Waals surface area contributed by atoms with Crippen LogP contribution in [0.25, 0.3) is 0 Å². The van der Waals surface area contributed by atoms with Gasteiger partial charge in [0.2, 0.25) is 11.6 Å². The first kappa shape index (κ1) is 15.4. The van der Waals surface area contributed by atoms with Gasteiger partial charge in [-0.25, -0.2) is 9.97 Å². The lowest BCUT2D eigenvalue weighted by Crippen LogP contribution is -2.33. The quantitative estimate of drug-likeness (QED) is 0.607. The van der Waals surface area contributed by atoms with Crippen LogP contribution in [0.15, 0.2) is 6.33 Å². The van der Waals surface area contributed by atoms with Crippen LogP contribution in [0.4, 0.5) is 17.3 Å². The van der Waals surface area contributed by atoms with E-state index < -0.39 is 4.92 Å². The summed E-state index contributed by atoms with van der Waals surface area (Å²) in [6.45, 7) is 5.29. The topological polar surface area (TPSA) is 96.2 Å². The third-order valence-corrected chi connectivity index (χ3v) is 3.75. The maximum Gasteiger partial charge on any atom is 0.353 e. The minimum absolute atomic E-state index is 0.0766. The van der Waals surface area contributed by atoms with Gasteiger partial charge >= 0.3 is 5.69 Å². The van der Waals surface area contributed by atoms with Gasteiger partial charge < -0.3 is 15.5 Å². The maximum atomic E-state index is 11.3. The highest BCUT2D eigenvalue weighted by Crippen LogP contribution is 2.29. The number of nitrogens with one attached hydrogen (secondary N) is 2. The van der Waals surface area contributed by atoms with Gasteiger partial charge in [-0.2, -0.15) is 0 Å². The molecule has 0 atom stereocenters. The average molecular weight is 294 g/mol. The first-order valence-corrected chi connectivity index (χ1v) is 7.27. The normalized spacial score (nSPS) is 16.7. The summed E-state index contributed by atoms with van der Waals surface area (Å²) in [4.78, 5) is 21.1. The van der Waals surface area contributed by atoms with E-state index in [-0.39, 0.29) is 11.5 Å². The van der Waals surface area contributed by atoms with Crippen molar-refractivity contribution in [3.05, 3.63) is 16.4 Å². The number of hydrogen-bond donors (Lipinski definition) is 2. The molecule has 1 aromatic rings. The van der Waals surface area contributed by atoms with Crippen molar-refractivity contribution in [3.8, 4) is 0 Å². The van der Waals surface area contributed by atoms with Crippen LogP contribution in [-0.4, -0.2) is 53.0 Å².